The molecule has 0 saturated carbocycles. The van der Waals surface area contributed by atoms with Crippen molar-refractivity contribution in [3.8, 4) is 22.8 Å². The van der Waals surface area contributed by atoms with Crippen molar-refractivity contribution in [3.63, 3.8) is 0 Å². The maximum atomic E-state index is 12.7. The third-order valence-corrected chi connectivity index (χ3v) is 5.39. The van der Waals surface area contributed by atoms with Crippen LogP contribution in [0.2, 0.25) is 0 Å². The number of carbonyl (C=O) groups is 2. The molecule has 1 fully saturated rings. The molecule has 2 heterocycles. The zero-order valence-corrected chi connectivity index (χ0v) is 17.8. The summed E-state index contributed by atoms with van der Waals surface area (Å²) in [5, 5.41) is 7.47. The van der Waals surface area contributed by atoms with Crippen LogP contribution in [0.25, 0.3) is 11.3 Å². The highest BCUT2D eigenvalue weighted by Crippen LogP contribution is 2.33. The Bertz CT molecular complexity index is 903. The van der Waals surface area contributed by atoms with E-state index < -0.39 is 0 Å². The first kappa shape index (κ1) is 21.5. The third-order valence-electron chi connectivity index (χ3n) is 5.39. The predicted molar refractivity (Wildman–Crippen MR) is 111 cm³/mol. The van der Waals surface area contributed by atoms with Crippen LogP contribution in [0.5, 0.6) is 11.5 Å². The Hall–Kier alpha value is -3.23. The largest absolute Gasteiger partial charge is 0.497 e. The molecule has 1 aromatic heterocycles. The molecule has 3 rings (SSSR count). The highest BCUT2D eigenvalue weighted by molar-refractivity contribution is 5.94. The molecule has 30 heavy (non-hydrogen) atoms. The van der Waals surface area contributed by atoms with Gasteiger partial charge in [-0.2, -0.15) is 5.10 Å². The van der Waals surface area contributed by atoms with Gasteiger partial charge in [0.15, 0.2) is 0 Å². The van der Waals surface area contributed by atoms with Crippen molar-refractivity contribution in [2.75, 3.05) is 41.0 Å². The highest BCUT2D eigenvalue weighted by atomic mass is 16.5. The zero-order valence-electron chi connectivity index (χ0n) is 17.8. The van der Waals surface area contributed by atoms with E-state index in [1.165, 1.54) is 7.11 Å². The standard InChI is InChI=1S/C21H28N4O5/c1-24-18(12-17(23-24)16-11-15(28-2)5-6-19(16)29-3)20(26)22-13-14-7-9-25(10-8-14)21(27)30-4/h5-6,11-12,14H,7-10,13H2,1-4H3,(H,22,26). The minimum Gasteiger partial charge on any atom is -0.497 e. The van der Waals surface area contributed by atoms with Gasteiger partial charge < -0.3 is 24.4 Å². The molecule has 0 spiro atoms. The van der Waals surface area contributed by atoms with E-state index in [0.717, 1.165) is 18.4 Å². The summed E-state index contributed by atoms with van der Waals surface area (Å²) in [6.45, 7) is 1.83. The number of aromatic nitrogens is 2. The van der Waals surface area contributed by atoms with Gasteiger partial charge in [0, 0.05) is 32.2 Å². The Labute approximate surface area is 175 Å². The van der Waals surface area contributed by atoms with E-state index in [4.69, 9.17) is 14.2 Å². The van der Waals surface area contributed by atoms with Gasteiger partial charge in [-0.25, -0.2) is 4.79 Å². The average molecular weight is 416 g/mol. The van der Waals surface area contributed by atoms with E-state index in [9.17, 15) is 9.59 Å². The number of carbonyl (C=O) groups excluding carboxylic acids is 2. The second kappa shape index (κ2) is 9.51. The van der Waals surface area contributed by atoms with Gasteiger partial charge in [-0.15, -0.1) is 0 Å². The molecular formula is C21H28N4O5. The number of likely N-dealkylation sites (tertiary alicyclic amines) is 1. The van der Waals surface area contributed by atoms with Crippen LogP contribution in [0.15, 0.2) is 24.3 Å². The summed E-state index contributed by atoms with van der Waals surface area (Å²) in [7, 11) is 6.31. The van der Waals surface area contributed by atoms with Crippen molar-refractivity contribution >= 4 is 12.0 Å². The van der Waals surface area contributed by atoms with Crippen LogP contribution >= 0.6 is 0 Å². The van der Waals surface area contributed by atoms with Gasteiger partial charge in [0.2, 0.25) is 0 Å². The summed E-state index contributed by atoms with van der Waals surface area (Å²) in [6, 6.07) is 7.19. The number of benzene rings is 1. The lowest BCUT2D eigenvalue weighted by Gasteiger charge is -2.30. The Balaban J connectivity index is 1.65. The molecule has 2 aromatic rings. The van der Waals surface area contributed by atoms with Crippen molar-refractivity contribution in [1.82, 2.24) is 20.0 Å². The first-order valence-corrected chi connectivity index (χ1v) is 9.84. The van der Waals surface area contributed by atoms with Crippen LogP contribution in [0.1, 0.15) is 23.3 Å². The quantitative estimate of drug-likeness (QED) is 0.777. The molecular weight excluding hydrogens is 388 g/mol. The monoisotopic (exact) mass is 416 g/mol. The molecule has 9 heteroatoms. The molecule has 2 amide bonds. The van der Waals surface area contributed by atoms with Crippen molar-refractivity contribution in [2.24, 2.45) is 13.0 Å². The maximum Gasteiger partial charge on any atom is 0.409 e. The van der Waals surface area contributed by atoms with Gasteiger partial charge in [-0.05, 0) is 43.0 Å². The van der Waals surface area contributed by atoms with Crippen LogP contribution in [0.4, 0.5) is 4.79 Å². The van der Waals surface area contributed by atoms with Crippen LogP contribution in [0.3, 0.4) is 0 Å². The van der Waals surface area contributed by atoms with Crippen LogP contribution < -0.4 is 14.8 Å². The second-order valence-corrected chi connectivity index (χ2v) is 7.22. The average Bonchev–Trinajstić information content (AvgIpc) is 3.18. The number of aryl methyl sites for hydroxylation is 1. The third kappa shape index (κ3) is 4.67. The lowest BCUT2D eigenvalue weighted by atomic mass is 9.97. The molecule has 0 aliphatic carbocycles. The molecule has 1 aliphatic rings. The van der Waals surface area contributed by atoms with E-state index in [0.29, 0.717) is 48.4 Å². The number of methoxy groups -OCH3 is 3. The number of hydrogen-bond donors (Lipinski definition) is 1. The van der Waals surface area contributed by atoms with E-state index in [1.54, 1.807) is 36.9 Å². The fraction of sp³-hybridized carbons (Fsp3) is 0.476. The number of nitrogens with zero attached hydrogens (tertiary/aromatic N) is 3. The number of amides is 2. The van der Waals surface area contributed by atoms with Crippen molar-refractivity contribution in [3.05, 3.63) is 30.0 Å². The lowest BCUT2D eigenvalue weighted by molar-refractivity contribution is 0.0906. The molecule has 9 nitrogen and oxygen atoms in total. The Morgan fingerprint density at radius 3 is 2.50 bits per heavy atom. The van der Waals surface area contributed by atoms with Crippen LogP contribution in [-0.4, -0.2) is 67.6 Å². The molecule has 1 aromatic carbocycles. The molecule has 0 unspecified atom stereocenters. The summed E-state index contributed by atoms with van der Waals surface area (Å²) in [4.78, 5) is 26.0. The molecule has 1 N–H and O–H groups in total. The number of ether oxygens (including phenoxy) is 3. The van der Waals surface area contributed by atoms with Gasteiger partial charge in [0.05, 0.1) is 27.0 Å². The first-order valence-electron chi connectivity index (χ1n) is 9.84. The molecule has 0 radical (unpaired) electrons. The zero-order chi connectivity index (χ0) is 21.7. The SMILES string of the molecule is COC(=O)N1CCC(CNC(=O)c2cc(-c3cc(OC)ccc3OC)nn2C)CC1. The van der Waals surface area contributed by atoms with E-state index in [1.807, 2.05) is 18.2 Å². The fourth-order valence-corrected chi connectivity index (χ4v) is 3.60. The number of rotatable bonds is 6. The first-order chi connectivity index (χ1) is 14.5. The molecule has 1 saturated heterocycles. The van der Waals surface area contributed by atoms with Crippen molar-refractivity contribution in [2.45, 2.75) is 12.8 Å². The second-order valence-electron chi connectivity index (χ2n) is 7.22. The summed E-state index contributed by atoms with van der Waals surface area (Å²) >= 11 is 0. The van der Waals surface area contributed by atoms with Gasteiger partial charge >= 0.3 is 6.09 Å². The summed E-state index contributed by atoms with van der Waals surface area (Å²) < 4.78 is 17.0. The van der Waals surface area contributed by atoms with Crippen molar-refractivity contribution < 1.29 is 23.8 Å². The Kier molecular flexibility index (Phi) is 6.81. The minimum absolute atomic E-state index is 0.187. The fourth-order valence-electron chi connectivity index (χ4n) is 3.60. The molecule has 162 valence electrons. The minimum atomic E-state index is -0.298. The molecule has 0 bridgehead atoms. The predicted octanol–water partition coefficient (Wildman–Crippen LogP) is 2.31. The number of nitrogens with one attached hydrogen (secondary N) is 1. The van der Waals surface area contributed by atoms with Crippen molar-refractivity contribution in [1.29, 1.82) is 0 Å². The summed E-state index contributed by atoms with van der Waals surface area (Å²) in [5.41, 5.74) is 1.84. The molecule has 1 aliphatic heterocycles. The smallest absolute Gasteiger partial charge is 0.409 e. The molecule has 0 atom stereocenters. The normalized spacial score (nSPS) is 14.3. The number of piperidine rings is 1. The Morgan fingerprint density at radius 1 is 1.13 bits per heavy atom. The number of hydrogen-bond acceptors (Lipinski definition) is 6. The topological polar surface area (TPSA) is 94.9 Å². The van der Waals surface area contributed by atoms with Gasteiger partial charge in [0.25, 0.3) is 5.91 Å². The van der Waals surface area contributed by atoms with Crippen LogP contribution in [-0.2, 0) is 11.8 Å². The van der Waals surface area contributed by atoms with Gasteiger partial charge in [-0.1, -0.05) is 0 Å². The summed E-state index contributed by atoms with van der Waals surface area (Å²) in [6.07, 6.45) is 1.35. The van der Waals surface area contributed by atoms with E-state index in [2.05, 4.69) is 10.4 Å². The summed E-state index contributed by atoms with van der Waals surface area (Å²) in [5.74, 6) is 1.47. The van der Waals surface area contributed by atoms with Gasteiger partial charge in [0.1, 0.15) is 17.2 Å². The Morgan fingerprint density at radius 2 is 1.87 bits per heavy atom. The maximum absolute atomic E-state index is 12.7. The van der Waals surface area contributed by atoms with Gasteiger partial charge in [-0.3, -0.25) is 9.48 Å². The van der Waals surface area contributed by atoms with E-state index in [-0.39, 0.29) is 12.0 Å². The van der Waals surface area contributed by atoms with E-state index >= 15 is 0 Å². The van der Waals surface area contributed by atoms with Crippen LogP contribution in [0, 0.1) is 5.92 Å². The lowest BCUT2D eigenvalue weighted by Crippen LogP contribution is -2.41. The highest BCUT2D eigenvalue weighted by Gasteiger charge is 2.24.